The highest BCUT2D eigenvalue weighted by molar-refractivity contribution is 6.16. The Morgan fingerprint density at radius 3 is 1.97 bits per heavy atom. The fourth-order valence-electron chi connectivity index (χ4n) is 3.97. The fraction of sp³-hybridized carbons (Fsp3) is 0.250. The van der Waals surface area contributed by atoms with Crippen molar-refractivity contribution in [2.75, 3.05) is 0 Å². The van der Waals surface area contributed by atoms with Crippen LogP contribution >= 0.6 is 0 Å². The maximum atomic E-state index is 14.6. The highest BCUT2D eigenvalue weighted by atomic mass is 19.4. The molecule has 0 unspecified atom stereocenters. The van der Waals surface area contributed by atoms with Crippen LogP contribution in [-0.2, 0) is 16.8 Å². The Hall–Kier alpha value is -3.94. The molecule has 4 rings (SSSR count). The molecule has 0 radical (unpaired) electrons. The van der Waals surface area contributed by atoms with E-state index in [0.717, 1.165) is 10.5 Å². The molecule has 1 aliphatic heterocycles. The quantitative estimate of drug-likeness (QED) is 0.513. The van der Waals surface area contributed by atoms with Gasteiger partial charge < -0.3 is 5.32 Å². The minimum absolute atomic E-state index is 0.00241. The molecule has 3 aromatic rings. The van der Waals surface area contributed by atoms with Crippen molar-refractivity contribution in [2.24, 2.45) is 4.99 Å². The van der Waals surface area contributed by atoms with E-state index in [4.69, 9.17) is 0 Å². The number of amidine groups is 1. The van der Waals surface area contributed by atoms with Gasteiger partial charge in [0.2, 0.25) is 0 Å². The predicted molar refractivity (Wildman–Crippen MR) is 131 cm³/mol. The molecule has 2 amide bonds. The average molecular weight is 494 g/mol. The maximum absolute atomic E-state index is 14.6. The van der Waals surface area contributed by atoms with Gasteiger partial charge >= 0.3 is 11.8 Å². The van der Waals surface area contributed by atoms with Gasteiger partial charge in [-0.2, -0.15) is 13.2 Å². The van der Waals surface area contributed by atoms with Crippen LogP contribution in [0.25, 0.3) is 0 Å². The lowest BCUT2D eigenvalue weighted by Gasteiger charge is -2.29. The van der Waals surface area contributed by atoms with Gasteiger partial charge in [0.05, 0.1) is 6.54 Å². The fourth-order valence-corrected chi connectivity index (χ4v) is 3.97. The highest BCUT2D eigenvalue weighted by Gasteiger charge is 2.67. The third kappa shape index (κ3) is 4.76. The summed E-state index contributed by atoms with van der Waals surface area (Å²) in [4.78, 5) is 31.4. The lowest BCUT2D eigenvalue weighted by Crippen LogP contribution is -2.63. The SMILES string of the molecule is CC(C)(C)c1ccc(C(=O)N[C@@]2(C(F)(F)F)N=C(c3ccccc3)N(Cc3ccccc3)C2=O)cc1. The van der Waals surface area contributed by atoms with Crippen molar-refractivity contribution in [1.82, 2.24) is 10.2 Å². The third-order valence-corrected chi connectivity index (χ3v) is 6.02. The molecule has 0 aliphatic carbocycles. The minimum atomic E-state index is -5.18. The van der Waals surface area contributed by atoms with Gasteiger partial charge in [0.15, 0.2) is 0 Å². The molecule has 1 atom stereocenters. The third-order valence-electron chi connectivity index (χ3n) is 6.02. The summed E-state index contributed by atoms with van der Waals surface area (Å²) < 4.78 is 43.8. The van der Waals surface area contributed by atoms with E-state index >= 15 is 0 Å². The zero-order chi connectivity index (χ0) is 26.1. The number of aliphatic imine (C=N–C) groups is 1. The van der Waals surface area contributed by atoms with E-state index in [9.17, 15) is 22.8 Å². The van der Waals surface area contributed by atoms with E-state index < -0.39 is 23.7 Å². The number of benzene rings is 3. The molecule has 0 aromatic heterocycles. The zero-order valence-corrected chi connectivity index (χ0v) is 20.1. The molecule has 0 fully saturated rings. The zero-order valence-electron chi connectivity index (χ0n) is 20.1. The Morgan fingerprint density at radius 2 is 1.44 bits per heavy atom. The lowest BCUT2D eigenvalue weighted by molar-refractivity contribution is -0.196. The molecule has 36 heavy (non-hydrogen) atoms. The smallest absolute Gasteiger partial charge is 0.312 e. The first-order valence-corrected chi connectivity index (χ1v) is 11.4. The summed E-state index contributed by atoms with van der Waals surface area (Å²) in [6, 6.07) is 23.1. The Labute approximate surface area is 207 Å². The van der Waals surface area contributed by atoms with Crippen molar-refractivity contribution in [3.63, 3.8) is 0 Å². The number of alkyl halides is 3. The van der Waals surface area contributed by atoms with Crippen LogP contribution in [-0.4, -0.2) is 34.4 Å². The van der Waals surface area contributed by atoms with E-state index in [1.54, 1.807) is 72.8 Å². The molecule has 0 bridgehead atoms. The van der Waals surface area contributed by atoms with Crippen molar-refractivity contribution in [1.29, 1.82) is 0 Å². The summed E-state index contributed by atoms with van der Waals surface area (Å²) in [6.07, 6.45) is -5.18. The second-order valence-electron chi connectivity index (χ2n) is 9.67. The van der Waals surface area contributed by atoms with Gasteiger partial charge in [-0.1, -0.05) is 93.6 Å². The first-order valence-electron chi connectivity index (χ1n) is 11.4. The molecular weight excluding hydrogens is 467 g/mol. The van der Waals surface area contributed by atoms with Gasteiger partial charge in [0.25, 0.3) is 11.8 Å². The van der Waals surface area contributed by atoms with Crippen LogP contribution in [0.2, 0.25) is 0 Å². The van der Waals surface area contributed by atoms with Crippen molar-refractivity contribution in [2.45, 2.75) is 44.6 Å². The molecular formula is C28H26F3N3O2. The van der Waals surface area contributed by atoms with Crippen molar-refractivity contribution < 1.29 is 22.8 Å². The largest absolute Gasteiger partial charge is 0.442 e. The van der Waals surface area contributed by atoms with Gasteiger partial charge in [-0.25, -0.2) is 4.99 Å². The van der Waals surface area contributed by atoms with E-state index in [-0.39, 0.29) is 23.4 Å². The number of carbonyl (C=O) groups is 2. The number of nitrogens with one attached hydrogen (secondary N) is 1. The number of rotatable bonds is 5. The molecule has 1 heterocycles. The summed E-state index contributed by atoms with van der Waals surface area (Å²) in [5, 5.41) is 1.93. The Morgan fingerprint density at radius 1 is 0.889 bits per heavy atom. The summed E-state index contributed by atoms with van der Waals surface area (Å²) in [6.45, 7) is 5.82. The molecule has 0 saturated carbocycles. The monoisotopic (exact) mass is 493 g/mol. The number of hydrogen-bond donors (Lipinski definition) is 1. The highest BCUT2D eigenvalue weighted by Crippen LogP contribution is 2.39. The van der Waals surface area contributed by atoms with Gasteiger partial charge in [-0.15, -0.1) is 0 Å². The molecule has 1 aliphatic rings. The Kier molecular flexibility index (Phi) is 6.47. The van der Waals surface area contributed by atoms with Gasteiger partial charge in [-0.05, 0) is 28.7 Å². The minimum Gasteiger partial charge on any atom is -0.312 e. The van der Waals surface area contributed by atoms with Crippen molar-refractivity contribution in [3.8, 4) is 0 Å². The first kappa shape index (κ1) is 25.2. The topological polar surface area (TPSA) is 61.8 Å². The van der Waals surface area contributed by atoms with Crippen LogP contribution in [0.15, 0.2) is 89.9 Å². The molecule has 5 nitrogen and oxygen atoms in total. The normalized spacial score (nSPS) is 18.2. The van der Waals surface area contributed by atoms with Gasteiger partial charge in [-0.3, -0.25) is 14.5 Å². The molecule has 0 spiro atoms. The lowest BCUT2D eigenvalue weighted by atomic mass is 9.86. The summed E-state index contributed by atoms with van der Waals surface area (Å²) in [5.41, 5.74) is -1.78. The van der Waals surface area contributed by atoms with Crippen LogP contribution < -0.4 is 5.32 Å². The van der Waals surface area contributed by atoms with Gasteiger partial charge in [0.1, 0.15) is 5.84 Å². The molecule has 3 aromatic carbocycles. The number of nitrogens with zero attached hydrogens (tertiary/aromatic N) is 2. The molecule has 8 heteroatoms. The molecule has 1 N–H and O–H groups in total. The summed E-state index contributed by atoms with van der Waals surface area (Å²) >= 11 is 0. The standard InChI is InChI=1S/C28H26F3N3O2/c1-26(2,3)22-16-14-21(15-17-22)24(35)33-27(28(29,30)31)25(36)34(18-19-10-6-4-7-11-19)23(32-27)20-12-8-5-9-13-20/h4-17H,18H2,1-3H3,(H,33,35)/t27-/m0/s1. The van der Waals surface area contributed by atoms with E-state index in [1.807, 2.05) is 26.1 Å². The van der Waals surface area contributed by atoms with Crippen LogP contribution in [0, 0.1) is 0 Å². The van der Waals surface area contributed by atoms with Crippen LogP contribution in [0.1, 0.15) is 47.8 Å². The second kappa shape index (κ2) is 9.26. The van der Waals surface area contributed by atoms with E-state index in [1.165, 1.54) is 12.1 Å². The van der Waals surface area contributed by atoms with E-state index in [2.05, 4.69) is 4.99 Å². The number of carbonyl (C=O) groups excluding carboxylic acids is 2. The van der Waals surface area contributed by atoms with Crippen LogP contribution in [0.5, 0.6) is 0 Å². The van der Waals surface area contributed by atoms with Crippen LogP contribution in [0.3, 0.4) is 0 Å². The van der Waals surface area contributed by atoms with Crippen molar-refractivity contribution >= 4 is 17.6 Å². The van der Waals surface area contributed by atoms with Crippen LogP contribution in [0.4, 0.5) is 13.2 Å². The Balaban J connectivity index is 1.76. The number of hydrogen-bond acceptors (Lipinski definition) is 3. The maximum Gasteiger partial charge on any atom is 0.442 e. The molecule has 0 saturated heterocycles. The average Bonchev–Trinajstić information content (AvgIpc) is 3.12. The molecule has 186 valence electrons. The summed E-state index contributed by atoms with van der Waals surface area (Å²) in [7, 11) is 0. The Bertz CT molecular complexity index is 1280. The second-order valence-corrected chi connectivity index (χ2v) is 9.67. The van der Waals surface area contributed by atoms with E-state index in [0.29, 0.717) is 11.1 Å². The number of halogens is 3. The van der Waals surface area contributed by atoms with Crippen molar-refractivity contribution in [3.05, 3.63) is 107 Å². The summed E-state index contributed by atoms with van der Waals surface area (Å²) in [5.74, 6) is -2.57. The first-order chi connectivity index (χ1) is 16.9. The predicted octanol–water partition coefficient (Wildman–Crippen LogP) is 5.46. The van der Waals surface area contributed by atoms with Gasteiger partial charge in [0, 0.05) is 11.1 Å². The number of amides is 2.